The molecular formula is C13H17NO4. The second kappa shape index (κ2) is 5.73. The van der Waals surface area contributed by atoms with E-state index in [1.54, 1.807) is 18.2 Å². The first-order chi connectivity index (χ1) is 8.72. The molecule has 1 unspecified atom stereocenters. The number of carbonyl (C=O) groups is 1. The maximum Gasteiger partial charge on any atom is 0.325 e. The molecule has 0 amide bonds. The van der Waals surface area contributed by atoms with Crippen LogP contribution in [-0.2, 0) is 4.79 Å². The van der Waals surface area contributed by atoms with E-state index >= 15 is 0 Å². The van der Waals surface area contributed by atoms with Crippen molar-refractivity contribution in [2.45, 2.75) is 25.8 Å². The molecule has 1 heterocycles. The van der Waals surface area contributed by atoms with Gasteiger partial charge in [0.25, 0.3) is 0 Å². The number of carboxylic acid groups (broad SMARTS) is 1. The van der Waals surface area contributed by atoms with Gasteiger partial charge in [0.2, 0.25) is 6.79 Å². The van der Waals surface area contributed by atoms with Crippen molar-refractivity contribution in [2.24, 2.45) is 0 Å². The maximum absolute atomic E-state index is 11.3. The summed E-state index contributed by atoms with van der Waals surface area (Å²) in [7, 11) is 0. The van der Waals surface area contributed by atoms with Gasteiger partial charge in [-0.15, -0.1) is 0 Å². The van der Waals surface area contributed by atoms with E-state index in [4.69, 9.17) is 9.47 Å². The number of unbranched alkanes of at least 4 members (excludes halogenated alkanes) is 1. The van der Waals surface area contributed by atoms with Gasteiger partial charge in [-0.3, -0.25) is 4.79 Å². The van der Waals surface area contributed by atoms with Crippen LogP contribution in [0.4, 0.5) is 0 Å². The largest absolute Gasteiger partial charge is 0.480 e. The summed E-state index contributed by atoms with van der Waals surface area (Å²) in [6.07, 6.45) is 1.98. The third kappa shape index (κ3) is 2.73. The summed E-state index contributed by atoms with van der Waals surface area (Å²) in [6, 6.07) is 4.52. The Labute approximate surface area is 106 Å². The Morgan fingerprint density at radius 2 is 2.22 bits per heavy atom. The van der Waals surface area contributed by atoms with E-state index < -0.39 is 12.0 Å². The van der Waals surface area contributed by atoms with E-state index in [9.17, 15) is 9.90 Å². The summed E-state index contributed by atoms with van der Waals surface area (Å²) in [6.45, 7) is 2.94. The number of aliphatic carboxylic acids is 1. The molecule has 1 atom stereocenters. The molecule has 0 aromatic heterocycles. The standard InChI is InChI=1S/C13H17NO4/c1-2-3-6-14-12(13(15)16)9-4-5-10-11(7-9)18-8-17-10/h4-5,7,12,14H,2-3,6,8H2,1H3,(H,15,16). The molecule has 0 aliphatic carbocycles. The lowest BCUT2D eigenvalue weighted by atomic mass is 10.1. The van der Waals surface area contributed by atoms with Gasteiger partial charge in [-0.25, -0.2) is 0 Å². The predicted molar refractivity (Wildman–Crippen MR) is 65.9 cm³/mol. The Balaban J connectivity index is 2.12. The van der Waals surface area contributed by atoms with E-state index in [-0.39, 0.29) is 6.79 Å². The molecule has 98 valence electrons. The fourth-order valence-electron chi connectivity index (χ4n) is 1.86. The van der Waals surface area contributed by atoms with Gasteiger partial charge in [-0.1, -0.05) is 19.4 Å². The average Bonchev–Trinajstić information content (AvgIpc) is 2.81. The van der Waals surface area contributed by atoms with Gasteiger partial charge in [-0.2, -0.15) is 0 Å². The second-order valence-electron chi connectivity index (χ2n) is 4.19. The highest BCUT2D eigenvalue weighted by Crippen LogP contribution is 2.34. The Hall–Kier alpha value is -1.75. The fraction of sp³-hybridized carbons (Fsp3) is 0.462. The van der Waals surface area contributed by atoms with Crippen molar-refractivity contribution >= 4 is 5.97 Å². The Bertz CT molecular complexity index is 433. The van der Waals surface area contributed by atoms with Crippen molar-refractivity contribution in [2.75, 3.05) is 13.3 Å². The smallest absolute Gasteiger partial charge is 0.325 e. The number of ether oxygens (including phenoxy) is 2. The molecule has 0 fully saturated rings. The number of rotatable bonds is 6. The van der Waals surface area contributed by atoms with Crippen molar-refractivity contribution in [1.29, 1.82) is 0 Å². The number of benzene rings is 1. The number of nitrogens with one attached hydrogen (secondary N) is 1. The summed E-state index contributed by atoms with van der Waals surface area (Å²) in [5.41, 5.74) is 0.683. The van der Waals surface area contributed by atoms with Gasteiger partial charge in [0.1, 0.15) is 6.04 Å². The summed E-state index contributed by atoms with van der Waals surface area (Å²) in [4.78, 5) is 11.3. The molecule has 1 aromatic carbocycles. The Kier molecular flexibility index (Phi) is 4.04. The van der Waals surface area contributed by atoms with E-state index in [1.807, 2.05) is 0 Å². The van der Waals surface area contributed by atoms with E-state index in [0.717, 1.165) is 12.8 Å². The lowest BCUT2D eigenvalue weighted by Crippen LogP contribution is -2.29. The number of fused-ring (bicyclic) bond motifs is 1. The van der Waals surface area contributed by atoms with Crippen molar-refractivity contribution in [1.82, 2.24) is 5.32 Å². The van der Waals surface area contributed by atoms with Crippen LogP contribution in [-0.4, -0.2) is 24.4 Å². The zero-order valence-electron chi connectivity index (χ0n) is 10.3. The summed E-state index contributed by atoms with van der Waals surface area (Å²) in [5.74, 6) is 0.387. The molecular weight excluding hydrogens is 234 g/mol. The van der Waals surface area contributed by atoms with E-state index in [2.05, 4.69) is 12.2 Å². The molecule has 1 aliphatic heterocycles. The van der Waals surface area contributed by atoms with Crippen LogP contribution in [0.3, 0.4) is 0 Å². The highest BCUT2D eigenvalue weighted by atomic mass is 16.7. The van der Waals surface area contributed by atoms with Crippen molar-refractivity contribution < 1.29 is 19.4 Å². The fourth-order valence-corrected chi connectivity index (χ4v) is 1.86. The lowest BCUT2D eigenvalue weighted by Gasteiger charge is -2.15. The minimum Gasteiger partial charge on any atom is -0.480 e. The van der Waals surface area contributed by atoms with Crippen LogP contribution in [0.5, 0.6) is 11.5 Å². The van der Waals surface area contributed by atoms with Gasteiger partial charge >= 0.3 is 5.97 Å². The van der Waals surface area contributed by atoms with Crippen LogP contribution in [0.2, 0.25) is 0 Å². The molecule has 5 heteroatoms. The molecule has 18 heavy (non-hydrogen) atoms. The van der Waals surface area contributed by atoms with Crippen LogP contribution in [0, 0.1) is 0 Å². The van der Waals surface area contributed by atoms with Crippen LogP contribution >= 0.6 is 0 Å². The maximum atomic E-state index is 11.3. The number of carboxylic acids is 1. The zero-order valence-corrected chi connectivity index (χ0v) is 10.3. The van der Waals surface area contributed by atoms with Crippen molar-refractivity contribution in [3.05, 3.63) is 23.8 Å². The normalized spacial score (nSPS) is 14.5. The third-order valence-corrected chi connectivity index (χ3v) is 2.86. The van der Waals surface area contributed by atoms with Crippen molar-refractivity contribution in [3.8, 4) is 11.5 Å². The van der Waals surface area contributed by atoms with Gasteiger partial charge in [0, 0.05) is 0 Å². The van der Waals surface area contributed by atoms with Gasteiger partial charge < -0.3 is 19.9 Å². The van der Waals surface area contributed by atoms with E-state index in [1.165, 1.54) is 0 Å². The third-order valence-electron chi connectivity index (χ3n) is 2.86. The van der Waals surface area contributed by atoms with Crippen LogP contribution < -0.4 is 14.8 Å². The Morgan fingerprint density at radius 1 is 1.44 bits per heavy atom. The SMILES string of the molecule is CCCCNC(C(=O)O)c1ccc2c(c1)OCO2. The molecule has 2 N–H and O–H groups in total. The predicted octanol–water partition coefficient (Wildman–Crippen LogP) is 1.93. The van der Waals surface area contributed by atoms with Crippen LogP contribution in [0.15, 0.2) is 18.2 Å². The van der Waals surface area contributed by atoms with Crippen molar-refractivity contribution in [3.63, 3.8) is 0 Å². The molecule has 0 spiro atoms. The molecule has 5 nitrogen and oxygen atoms in total. The second-order valence-corrected chi connectivity index (χ2v) is 4.19. The highest BCUT2D eigenvalue weighted by Gasteiger charge is 2.22. The Morgan fingerprint density at radius 3 is 2.94 bits per heavy atom. The van der Waals surface area contributed by atoms with Gasteiger partial charge in [0.15, 0.2) is 11.5 Å². The van der Waals surface area contributed by atoms with Gasteiger partial charge in [-0.05, 0) is 30.7 Å². The first-order valence-electron chi connectivity index (χ1n) is 6.08. The average molecular weight is 251 g/mol. The quantitative estimate of drug-likeness (QED) is 0.756. The topological polar surface area (TPSA) is 67.8 Å². The van der Waals surface area contributed by atoms with Crippen LogP contribution in [0.1, 0.15) is 31.4 Å². The zero-order chi connectivity index (χ0) is 13.0. The van der Waals surface area contributed by atoms with Crippen LogP contribution in [0.25, 0.3) is 0 Å². The number of hydrogen-bond acceptors (Lipinski definition) is 4. The molecule has 1 aromatic rings. The highest BCUT2D eigenvalue weighted by molar-refractivity contribution is 5.76. The molecule has 0 bridgehead atoms. The molecule has 0 radical (unpaired) electrons. The lowest BCUT2D eigenvalue weighted by molar-refractivity contribution is -0.139. The molecule has 1 aliphatic rings. The first kappa shape index (κ1) is 12.7. The molecule has 2 rings (SSSR count). The summed E-state index contributed by atoms with van der Waals surface area (Å²) in [5, 5.41) is 12.3. The minimum absolute atomic E-state index is 0.194. The molecule has 0 saturated heterocycles. The summed E-state index contributed by atoms with van der Waals surface area (Å²) >= 11 is 0. The monoisotopic (exact) mass is 251 g/mol. The van der Waals surface area contributed by atoms with E-state index in [0.29, 0.717) is 23.6 Å². The summed E-state index contributed by atoms with van der Waals surface area (Å²) < 4.78 is 10.5. The van der Waals surface area contributed by atoms with Gasteiger partial charge in [0.05, 0.1) is 0 Å². The molecule has 0 saturated carbocycles. The minimum atomic E-state index is -0.884. The number of hydrogen-bond donors (Lipinski definition) is 2. The first-order valence-corrected chi connectivity index (χ1v) is 6.08.